The van der Waals surface area contributed by atoms with Crippen molar-refractivity contribution in [3.63, 3.8) is 0 Å². The number of hydrogen-bond donors (Lipinski definition) is 2. The second-order valence-corrected chi connectivity index (χ2v) is 25.8. The highest BCUT2D eigenvalue weighted by atomic mass is 35.5. The fourth-order valence-corrected chi connectivity index (χ4v) is 12.6. The Hall–Kier alpha value is -11.5. The van der Waals surface area contributed by atoms with Crippen LogP contribution in [0.2, 0.25) is 5.02 Å². The zero-order valence-electron chi connectivity index (χ0n) is 60.8. The van der Waals surface area contributed by atoms with Gasteiger partial charge in [-0.2, -0.15) is 20.4 Å². The molecule has 7 aromatic heterocycles. The molecule has 0 unspecified atom stereocenters. The number of hydrogen-bond acceptors (Lipinski definition) is 22. The van der Waals surface area contributed by atoms with Crippen LogP contribution in [0, 0.1) is 5.92 Å². The number of ether oxygens (including phenoxy) is 7. The minimum atomic E-state index is 0.363. The van der Waals surface area contributed by atoms with E-state index in [0.29, 0.717) is 59.6 Å². The lowest BCUT2D eigenvalue weighted by Gasteiger charge is -2.28. The molecule has 0 spiro atoms. The Bertz CT molecular complexity index is 4980. The molecule has 544 valence electrons. The van der Waals surface area contributed by atoms with Crippen LogP contribution in [0.4, 0.5) is 34.1 Å². The molecule has 0 saturated carbocycles. The molecule has 3 N–H and O–H groups in total. The third-order valence-electron chi connectivity index (χ3n) is 17.8. The van der Waals surface area contributed by atoms with Gasteiger partial charge in [0.25, 0.3) is 0 Å². The van der Waals surface area contributed by atoms with Gasteiger partial charge >= 0.3 is 0 Å². The Labute approximate surface area is 615 Å². The van der Waals surface area contributed by atoms with Gasteiger partial charge < -0.3 is 58.9 Å². The van der Waals surface area contributed by atoms with Crippen LogP contribution in [0.15, 0.2) is 177 Å². The summed E-state index contributed by atoms with van der Waals surface area (Å²) in [5.74, 6) is 4.71. The number of methoxy groups -OCH3 is 6. The van der Waals surface area contributed by atoms with Crippen molar-refractivity contribution >= 4 is 78.8 Å². The van der Waals surface area contributed by atoms with Crippen LogP contribution >= 0.6 is 11.6 Å². The molecular weight excluding hydrogens is 1350 g/mol. The van der Waals surface area contributed by atoms with Crippen molar-refractivity contribution in [2.24, 2.45) is 25.7 Å². The first-order valence-corrected chi connectivity index (χ1v) is 35.1. The largest absolute Gasteiger partial charge is 0.497 e. The maximum atomic E-state index is 6.77. The molecule has 14 rings (SSSR count). The Morgan fingerprint density at radius 1 is 0.514 bits per heavy atom. The lowest BCUT2D eigenvalue weighted by atomic mass is 10.0. The predicted molar refractivity (Wildman–Crippen MR) is 411 cm³/mol. The molecule has 0 aliphatic carbocycles. The van der Waals surface area contributed by atoms with Gasteiger partial charge in [-0.25, -0.2) is 15.0 Å². The first-order valence-electron chi connectivity index (χ1n) is 34.7. The molecule has 27 heteroatoms. The Balaban J connectivity index is 0.000000148. The number of fused-ring (bicyclic) bond motifs is 3. The summed E-state index contributed by atoms with van der Waals surface area (Å²) in [6.07, 6.45) is 23.5. The summed E-state index contributed by atoms with van der Waals surface area (Å²) < 4.78 is 46.0. The van der Waals surface area contributed by atoms with Gasteiger partial charge in [0.05, 0.1) is 136 Å². The molecule has 105 heavy (non-hydrogen) atoms. The van der Waals surface area contributed by atoms with E-state index in [-0.39, 0.29) is 0 Å². The van der Waals surface area contributed by atoms with E-state index >= 15 is 0 Å². The number of aryl methyl sites for hydroxylation is 3. The molecule has 6 aromatic carbocycles. The lowest BCUT2D eigenvalue weighted by molar-refractivity contribution is 0.0601. The second kappa shape index (κ2) is 34.7. The smallest absolute Gasteiger partial charge is 0.143 e. The van der Waals surface area contributed by atoms with Gasteiger partial charge in [-0.05, 0) is 85.8 Å². The third kappa shape index (κ3) is 18.3. The Kier molecular flexibility index (Phi) is 24.2. The molecule has 26 nitrogen and oxygen atoms in total. The number of nitrogens with zero attached hydrogens (tertiary/aromatic N) is 17. The standard InChI is InChI=1S/C27H32N6O3.C26H27N7O2.C25H29ClN6O2/c1-34-23-11-22(12-24(14-23)35-2)33(8-7-28)21-3-4-25-26(13-21)31-27(16-29-25)20-15-30-32(18-20)17-19-5-9-36-10-6-19;1-31-18-19(16-29-31)26-17-27-24-7-6-20(14-25(24)30-26)33(11-5-10-32-9-4-8-28-32)21-12-22(34-2)15-23(13-21)35-3;1-16(2)27-8-9-32(23-11-19(33-4)12-24(34-5)25(23)26)18-6-7-20-21(10-18)30-22(14-28-20)17-13-29-31(3)15-17/h3-4,11-16,18-19H,5-10,17,28H2,1-2H3;4,6-9,12-18H,5,10-11H2,1-3H3;6-7,10-16,27H,8-9H2,1-5H3. The predicted octanol–water partition coefficient (Wildman–Crippen LogP) is 13.3. The van der Waals surface area contributed by atoms with Gasteiger partial charge in [-0.3, -0.25) is 33.7 Å². The van der Waals surface area contributed by atoms with Gasteiger partial charge in [0.2, 0.25) is 0 Å². The van der Waals surface area contributed by atoms with E-state index in [4.69, 9.17) is 65.4 Å². The van der Waals surface area contributed by atoms with Crippen LogP contribution < -0.4 is 54.2 Å². The van der Waals surface area contributed by atoms with Crippen molar-refractivity contribution < 1.29 is 33.2 Å². The fourth-order valence-electron chi connectivity index (χ4n) is 12.4. The van der Waals surface area contributed by atoms with E-state index in [1.807, 2.05) is 145 Å². The summed E-state index contributed by atoms with van der Waals surface area (Å²) in [6, 6.07) is 35.9. The number of halogens is 1. The van der Waals surface area contributed by atoms with Crippen molar-refractivity contribution in [2.75, 3.05) is 103 Å². The van der Waals surface area contributed by atoms with Gasteiger partial charge in [0, 0.05) is 204 Å². The van der Waals surface area contributed by atoms with E-state index in [2.05, 4.69) is 87.5 Å². The molecule has 8 heterocycles. The molecule has 13 aromatic rings. The van der Waals surface area contributed by atoms with Gasteiger partial charge in [-0.1, -0.05) is 25.4 Å². The quantitative estimate of drug-likeness (QED) is 0.0485. The van der Waals surface area contributed by atoms with E-state index in [1.165, 1.54) is 0 Å². The van der Waals surface area contributed by atoms with Crippen molar-refractivity contribution in [1.82, 2.24) is 74.3 Å². The highest BCUT2D eigenvalue weighted by Crippen LogP contribution is 2.43. The number of anilines is 6. The number of benzene rings is 6. The maximum Gasteiger partial charge on any atom is 0.143 e. The maximum absolute atomic E-state index is 6.77. The second-order valence-electron chi connectivity index (χ2n) is 25.4. The number of aromatic nitrogens is 14. The van der Waals surface area contributed by atoms with Crippen molar-refractivity contribution in [1.29, 1.82) is 0 Å². The highest BCUT2D eigenvalue weighted by Gasteiger charge is 2.22. The van der Waals surface area contributed by atoms with E-state index < -0.39 is 0 Å². The first kappa shape index (κ1) is 73.3. The van der Waals surface area contributed by atoms with Crippen molar-refractivity contribution in [3.8, 4) is 68.3 Å². The SMILES string of the molecule is COc1cc(OC)c(Cl)c(N(CCNC(C)C)c2ccc3ncc(-c4cnn(C)c4)nc3c2)c1.COc1cc(OC)cc(N(CCCn2cccn2)c2ccc3ncc(-c4cnn(C)c4)nc3c2)c1.COc1cc(OC)cc(N(CCN)c2ccc3ncc(-c4cnn(CC5CCOCC5)c4)nc3c2)c1. The van der Waals surface area contributed by atoms with Crippen molar-refractivity contribution in [3.05, 3.63) is 182 Å². The number of nitrogens with two attached hydrogens (primary N) is 1. The highest BCUT2D eigenvalue weighted by molar-refractivity contribution is 6.35. The van der Waals surface area contributed by atoms with Gasteiger partial charge in [-0.15, -0.1) is 0 Å². The molecule has 0 atom stereocenters. The topological polar surface area (TPSA) is 261 Å². The number of nitrogens with one attached hydrogen (secondary N) is 1. The zero-order chi connectivity index (χ0) is 73.3. The molecule has 0 radical (unpaired) electrons. The summed E-state index contributed by atoms with van der Waals surface area (Å²) in [4.78, 5) is 35.0. The van der Waals surface area contributed by atoms with Crippen LogP contribution in [-0.2, 0) is 31.9 Å². The van der Waals surface area contributed by atoms with Crippen LogP contribution in [0.25, 0.3) is 66.9 Å². The summed E-state index contributed by atoms with van der Waals surface area (Å²) in [6.45, 7) is 10.9. The first-order chi connectivity index (χ1) is 51.2. The van der Waals surface area contributed by atoms with Gasteiger partial charge in [0.15, 0.2) is 0 Å². The van der Waals surface area contributed by atoms with Crippen molar-refractivity contribution in [2.45, 2.75) is 52.2 Å². The summed E-state index contributed by atoms with van der Waals surface area (Å²) in [5, 5.41) is 21.4. The minimum absolute atomic E-state index is 0.363. The average molecular weight is 1440 g/mol. The molecule has 1 fully saturated rings. The Morgan fingerprint density at radius 2 is 0.990 bits per heavy atom. The van der Waals surface area contributed by atoms with Crippen LogP contribution in [0.5, 0.6) is 34.5 Å². The third-order valence-corrected chi connectivity index (χ3v) is 18.2. The summed E-state index contributed by atoms with van der Waals surface area (Å²) in [7, 11) is 13.6. The Morgan fingerprint density at radius 3 is 1.44 bits per heavy atom. The van der Waals surface area contributed by atoms with Crippen LogP contribution in [0.3, 0.4) is 0 Å². The van der Waals surface area contributed by atoms with Crippen LogP contribution in [-0.4, -0.2) is 164 Å². The average Bonchev–Trinajstić information content (AvgIpc) is 1.27. The number of rotatable bonds is 27. The monoisotopic (exact) mass is 1440 g/mol. The molecule has 0 bridgehead atoms. The molecule has 1 aliphatic heterocycles. The molecule has 0 amide bonds. The van der Waals surface area contributed by atoms with E-state index in [1.54, 1.807) is 89.1 Å². The summed E-state index contributed by atoms with van der Waals surface area (Å²) >= 11 is 6.77. The van der Waals surface area contributed by atoms with E-state index in [9.17, 15) is 0 Å². The van der Waals surface area contributed by atoms with Gasteiger partial charge in [0.1, 0.15) is 39.5 Å². The molecular formula is C78H88ClN19O7. The minimum Gasteiger partial charge on any atom is -0.497 e. The molecule has 1 aliphatic rings. The van der Waals surface area contributed by atoms with Crippen LogP contribution in [0.1, 0.15) is 33.1 Å². The summed E-state index contributed by atoms with van der Waals surface area (Å²) in [5.41, 5.74) is 21.6. The fraction of sp³-hybridized carbons (Fsp3) is 0.308. The lowest BCUT2D eigenvalue weighted by Crippen LogP contribution is -2.32. The normalized spacial score (nSPS) is 12.2. The van der Waals surface area contributed by atoms with E-state index in [0.717, 1.165) is 171 Å². The molecule has 1 saturated heterocycles. The zero-order valence-corrected chi connectivity index (χ0v) is 61.6.